The molecule has 19 heavy (non-hydrogen) atoms. The summed E-state index contributed by atoms with van der Waals surface area (Å²) < 4.78 is 14.2. The van der Waals surface area contributed by atoms with Crippen LogP contribution in [-0.2, 0) is 6.42 Å². The molecule has 1 atom stereocenters. The third-order valence-corrected chi connectivity index (χ3v) is 5.24. The number of hydrogen-bond donors (Lipinski definition) is 1. The average Bonchev–Trinajstić information content (AvgIpc) is 2.78. The van der Waals surface area contributed by atoms with Crippen LogP contribution in [0.15, 0.2) is 34.1 Å². The van der Waals surface area contributed by atoms with Crippen molar-refractivity contribution in [2.45, 2.75) is 26.3 Å². The number of benzene rings is 1. The molecule has 0 amide bonds. The summed E-state index contributed by atoms with van der Waals surface area (Å²) in [6.45, 7) is 5.00. The van der Waals surface area contributed by atoms with Gasteiger partial charge < -0.3 is 5.32 Å². The lowest BCUT2D eigenvalue weighted by Crippen LogP contribution is -2.21. The first-order chi connectivity index (χ1) is 9.08. The maximum absolute atomic E-state index is 13.0. The Labute approximate surface area is 126 Å². The Bertz CT molecular complexity index is 553. The third-order valence-electron chi connectivity index (χ3n) is 3.19. The molecular formula is C15H17BrFNS. The van der Waals surface area contributed by atoms with Crippen molar-refractivity contribution in [3.63, 3.8) is 0 Å². The van der Waals surface area contributed by atoms with E-state index in [1.807, 2.05) is 13.0 Å². The van der Waals surface area contributed by atoms with Crippen molar-refractivity contribution in [2.24, 2.45) is 0 Å². The molecule has 0 saturated carbocycles. The zero-order valence-electron chi connectivity index (χ0n) is 11.0. The fourth-order valence-electron chi connectivity index (χ4n) is 2.07. The molecule has 1 aromatic carbocycles. The normalized spacial score (nSPS) is 12.6. The van der Waals surface area contributed by atoms with Crippen LogP contribution in [0.2, 0.25) is 0 Å². The van der Waals surface area contributed by atoms with Gasteiger partial charge in [-0.15, -0.1) is 11.3 Å². The van der Waals surface area contributed by atoms with Crippen LogP contribution in [0.1, 0.15) is 29.0 Å². The van der Waals surface area contributed by atoms with E-state index < -0.39 is 0 Å². The minimum absolute atomic E-state index is 0.162. The Balaban J connectivity index is 1.88. The molecule has 1 nitrogen and oxygen atoms in total. The highest BCUT2D eigenvalue weighted by atomic mass is 79.9. The predicted molar refractivity (Wildman–Crippen MR) is 83.3 cm³/mol. The van der Waals surface area contributed by atoms with E-state index >= 15 is 0 Å². The number of hydrogen-bond acceptors (Lipinski definition) is 2. The fraction of sp³-hybridized carbons (Fsp3) is 0.333. The average molecular weight is 342 g/mol. The largest absolute Gasteiger partial charge is 0.309 e. The summed E-state index contributed by atoms with van der Waals surface area (Å²) in [7, 11) is 0. The molecule has 2 rings (SSSR count). The Kier molecular flexibility index (Phi) is 5.13. The molecule has 1 aromatic heterocycles. The van der Waals surface area contributed by atoms with Crippen molar-refractivity contribution in [2.75, 3.05) is 6.54 Å². The summed E-state index contributed by atoms with van der Waals surface area (Å²) in [5, 5.41) is 5.59. The maximum atomic E-state index is 13.0. The lowest BCUT2D eigenvalue weighted by atomic mass is 10.1. The van der Waals surface area contributed by atoms with Gasteiger partial charge in [-0.25, -0.2) is 4.39 Å². The SMILES string of the molecule is Cc1cc(F)ccc1CCNC(C)c1sccc1Br. The van der Waals surface area contributed by atoms with Crippen LogP contribution in [0.3, 0.4) is 0 Å². The lowest BCUT2D eigenvalue weighted by Gasteiger charge is -2.13. The van der Waals surface area contributed by atoms with E-state index in [1.165, 1.54) is 16.5 Å². The van der Waals surface area contributed by atoms with E-state index in [0.717, 1.165) is 23.0 Å². The van der Waals surface area contributed by atoms with Gasteiger partial charge in [-0.3, -0.25) is 0 Å². The maximum Gasteiger partial charge on any atom is 0.123 e. The second-order valence-electron chi connectivity index (χ2n) is 4.63. The van der Waals surface area contributed by atoms with Gasteiger partial charge >= 0.3 is 0 Å². The predicted octanol–water partition coefficient (Wildman–Crippen LogP) is 4.85. The number of halogens is 2. The summed E-state index contributed by atoms with van der Waals surface area (Å²) in [6.07, 6.45) is 0.916. The molecule has 0 aliphatic heterocycles. The molecule has 0 saturated heterocycles. The molecule has 1 heterocycles. The van der Waals surface area contributed by atoms with Gasteiger partial charge in [-0.05, 0) is 77.4 Å². The number of nitrogens with one attached hydrogen (secondary N) is 1. The van der Waals surface area contributed by atoms with E-state index in [-0.39, 0.29) is 5.82 Å². The van der Waals surface area contributed by atoms with E-state index in [0.29, 0.717) is 6.04 Å². The van der Waals surface area contributed by atoms with Crippen LogP contribution in [0, 0.1) is 12.7 Å². The fourth-order valence-corrected chi connectivity index (χ4v) is 3.82. The van der Waals surface area contributed by atoms with Crippen LogP contribution in [-0.4, -0.2) is 6.54 Å². The van der Waals surface area contributed by atoms with E-state index in [1.54, 1.807) is 17.4 Å². The van der Waals surface area contributed by atoms with Gasteiger partial charge in [0.1, 0.15) is 5.82 Å². The first-order valence-electron chi connectivity index (χ1n) is 6.29. The molecule has 2 aromatic rings. The summed E-state index contributed by atoms with van der Waals surface area (Å²) in [6, 6.07) is 7.39. The Morgan fingerprint density at radius 3 is 2.79 bits per heavy atom. The van der Waals surface area contributed by atoms with Crippen LogP contribution in [0.4, 0.5) is 4.39 Å². The van der Waals surface area contributed by atoms with Crippen molar-refractivity contribution in [3.8, 4) is 0 Å². The first-order valence-corrected chi connectivity index (χ1v) is 7.96. The summed E-state index contributed by atoms with van der Waals surface area (Å²) in [5.41, 5.74) is 2.22. The quantitative estimate of drug-likeness (QED) is 0.819. The number of thiophene rings is 1. The second kappa shape index (κ2) is 6.64. The smallest absolute Gasteiger partial charge is 0.123 e. The van der Waals surface area contributed by atoms with E-state index in [4.69, 9.17) is 0 Å². The van der Waals surface area contributed by atoms with Crippen molar-refractivity contribution in [3.05, 3.63) is 55.9 Å². The summed E-state index contributed by atoms with van der Waals surface area (Å²) in [4.78, 5) is 1.32. The van der Waals surface area contributed by atoms with Crippen LogP contribution >= 0.6 is 27.3 Å². The van der Waals surface area contributed by atoms with Gasteiger partial charge in [0.2, 0.25) is 0 Å². The van der Waals surface area contributed by atoms with Crippen LogP contribution < -0.4 is 5.32 Å². The van der Waals surface area contributed by atoms with E-state index in [9.17, 15) is 4.39 Å². The Morgan fingerprint density at radius 2 is 2.16 bits per heavy atom. The Morgan fingerprint density at radius 1 is 1.37 bits per heavy atom. The third kappa shape index (κ3) is 3.88. The highest BCUT2D eigenvalue weighted by Gasteiger charge is 2.10. The van der Waals surface area contributed by atoms with Gasteiger partial charge in [0.25, 0.3) is 0 Å². The molecule has 0 bridgehead atoms. The van der Waals surface area contributed by atoms with Gasteiger partial charge in [0.15, 0.2) is 0 Å². The number of aryl methyl sites for hydroxylation is 1. The zero-order chi connectivity index (χ0) is 13.8. The first kappa shape index (κ1) is 14.7. The van der Waals surface area contributed by atoms with Gasteiger partial charge in [0, 0.05) is 15.4 Å². The molecule has 0 spiro atoms. The van der Waals surface area contributed by atoms with Gasteiger partial charge in [-0.1, -0.05) is 6.07 Å². The second-order valence-corrected chi connectivity index (χ2v) is 6.43. The molecule has 4 heteroatoms. The topological polar surface area (TPSA) is 12.0 Å². The molecule has 0 aliphatic carbocycles. The molecule has 1 N–H and O–H groups in total. The van der Waals surface area contributed by atoms with Crippen LogP contribution in [0.25, 0.3) is 0 Å². The molecular weight excluding hydrogens is 325 g/mol. The molecule has 0 aliphatic rings. The summed E-state index contributed by atoms with van der Waals surface area (Å²) >= 11 is 5.30. The van der Waals surface area contributed by atoms with Gasteiger partial charge in [-0.2, -0.15) is 0 Å². The zero-order valence-corrected chi connectivity index (χ0v) is 13.4. The number of rotatable bonds is 5. The molecule has 0 fully saturated rings. The van der Waals surface area contributed by atoms with Crippen molar-refractivity contribution < 1.29 is 4.39 Å². The monoisotopic (exact) mass is 341 g/mol. The van der Waals surface area contributed by atoms with Gasteiger partial charge in [0.05, 0.1) is 0 Å². The molecule has 1 unspecified atom stereocenters. The molecule has 0 radical (unpaired) electrons. The minimum Gasteiger partial charge on any atom is -0.309 e. The standard InChI is InChI=1S/C15H17BrFNS/c1-10-9-13(17)4-3-12(10)5-7-18-11(2)15-14(16)6-8-19-15/h3-4,6,8-9,11,18H,5,7H2,1-2H3. The molecule has 102 valence electrons. The highest BCUT2D eigenvalue weighted by Crippen LogP contribution is 2.28. The highest BCUT2D eigenvalue weighted by molar-refractivity contribution is 9.10. The summed E-state index contributed by atoms with van der Waals surface area (Å²) in [5.74, 6) is -0.162. The van der Waals surface area contributed by atoms with Crippen molar-refractivity contribution >= 4 is 27.3 Å². The van der Waals surface area contributed by atoms with Crippen molar-refractivity contribution in [1.82, 2.24) is 5.32 Å². The van der Waals surface area contributed by atoms with E-state index in [2.05, 4.69) is 39.6 Å². The Hall–Kier alpha value is -0.710. The van der Waals surface area contributed by atoms with Crippen LogP contribution in [0.5, 0.6) is 0 Å². The lowest BCUT2D eigenvalue weighted by molar-refractivity contribution is 0.581. The minimum atomic E-state index is -0.162. The van der Waals surface area contributed by atoms with Crippen molar-refractivity contribution in [1.29, 1.82) is 0 Å².